The number of aromatic nitrogens is 1. The summed E-state index contributed by atoms with van der Waals surface area (Å²) in [5.41, 5.74) is 2.59. The van der Waals surface area contributed by atoms with E-state index in [0.29, 0.717) is 5.69 Å². The number of carbonyl (C=O) groups excluding carboxylic acids is 1. The molecule has 1 heterocycles. The van der Waals surface area contributed by atoms with Gasteiger partial charge in [0.1, 0.15) is 5.69 Å². The summed E-state index contributed by atoms with van der Waals surface area (Å²) in [7, 11) is 0. The van der Waals surface area contributed by atoms with Gasteiger partial charge in [-0.3, -0.25) is 9.78 Å². The van der Waals surface area contributed by atoms with E-state index in [2.05, 4.69) is 30.2 Å². The van der Waals surface area contributed by atoms with Gasteiger partial charge < -0.3 is 10.2 Å². The van der Waals surface area contributed by atoms with Gasteiger partial charge in [0.15, 0.2) is 0 Å². The molecular weight excluding hydrogens is 334 g/mol. The molecule has 2 aromatic rings. The van der Waals surface area contributed by atoms with Crippen LogP contribution in [-0.4, -0.2) is 35.4 Å². The third kappa shape index (κ3) is 6.05. The minimum Gasteiger partial charge on any atom is -0.385 e. The number of hydrogen-bond acceptors (Lipinski definition) is 3. The summed E-state index contributed by atoms with van der Waals surface area (Å²) in [5.74, 6) is 0.00203. The standard InChI is InChI=1S/C20H26ClN3O/c1-3-12-24(13-4-2)20(25)19-15-18(9-11-23-19)22-10-8-16-6-5-7-17(21)14-16/h5-7,9,11,14-15H,3-4,8,10,12-13H2,1-2H3,(H,22,23). The third-order valence-electron chi connectivity index (χ3n) is 3.89. The Kier molecular flexibility index (Phi) is 7.74. The average molecular weight is 360 g/mol. The second-order valence-corrected chi connectivity index (χ2v) is 6.47. The molecule has 1 aromatic heterocycles. The van der Waals surface area contributed by atoms with E-state index in [4.69, 9.17) is 11.6 Å². The number of pyridine rings is 1. The smallest absolute Gasteiger partial charge is 0.272 e. The number of hydrogen-bond donors (Lipinski definition) is 1. The molecule has 0 aliphatic rings. The van der Waals surface area contributed by atoms with Gasteiger partial charge in [-0.25, -0.2) is 0 Å². The predicted octanol–water partition coefficient (Wildman–Crippen LogP) is 4.65. The van der Waals surface area contributed by atoms with Crippen LogP contribution < -0.4 is 5.32 Å². The highest BCUT2D eigenvalue weighted by molar-refractivity contribution is 6.30. The van der Waals surface area contributed by atoms with Crippen LogP contribution in [0.5, 0.6) is 0 Å². The highest BCUT2D eigenvalue weighted by Gasteiger charge is 2.15. The topological polar surface area (TPSA) is 45.2 Å². The van der Waals surface area contributed by atoms with Crippen molar-refractivity contribution in [2.24, 2.45) is 0 Å². The number of benzene rings is 1. The second-order valence-electron chi connectivity index (χ2n) is 6.03. The first kappa shape index (κ1) is 19.3. The van der Waals surface area contributed by atoms with Crippen molar-refractivity contribution in [3.63, 3.8) is 0 Å². The molecule has 0 saturated carbocycles. The molecule has 0 saturated heterocycles. The Morgan fingerprint density at radius 3 is 2.60 bits per heavy atom. The van der Waals surface area contributed by atoms with Crippen LogP contribution >= 0.6 is 11.6 Å². The maximum Gasteiger partial charge on any atom is 0.272 e. The van der Waals surface area contributed by atoms with E-state index in [1.165, 1.54) is 5.56 Å². The summed E-state index contributed by atoms with van der Waals surface area (Å²) < 4.78 is 0. The van der Waals surface area contributed by atoms with Gasteiger partial charge in [0, 0.05) is 36.5 Å². The number of carbonyl (C=O) groups is 1. The zero-order valence-electron chi connectivity index (χ0n) is 15.0. The molecule has 0 aliphatic heterocycles. The van der Waals surface area contributed by atoms with Crippen LogP contribution in [0.2, 0.25) is 5.02 Å². The van der Waals surface area contributed by atoms with Gasteiger partial charge in [-0.1, -0.05) is 37.6 Å². The Balaban J connectivity index is 1.96. The van der Waals surface area contributed by atoms with Gasteiger partial charge in [0.05, 0.1) is 0 Å². The van der Waals surface area contributed by atoms with Crippen LogP contribution in [0.3, 0.4) is 0 Å². The molecular formula is C20H26ClN3O. The van der Waals surface area contributed by atoms with Gasteiger partial charge in [0.25, 0.3) is 5.91 Å². The first-order chi connectivity index (χ1) is 12.1. The van der Waals surface area contributed by atoms with E-state index < -0.39 is 0 Å². The zero-order chi connectivity index (χ0) is 18.1. The number of anilines is 1. The second kappa shape index (κ2) is 10.0. The van der Waals surface area contributed by atoms with Crippen molar-refractivity contribution < 1.29 is 4.79 Å². The number of nitrogens with zero attached hydrogens (tertiary/aromatic N) is 2. The Bertz CT molecular complexity index is 684. The molecule has 0 unspecified atom stereocenters. The van der Waals surface area contributed by atoms with Gasteiger partial charge in [-0.15, -0.1) is 0 Å². The van der Waals surface area contributed by atoms with Crippen LogP contribution in [0.1, 0.15) is 42.7 Å². The van der Waals surface area contributed by atoms with Crippen molar-refractivity contribution in [1.82, 2.24) is 9.88 Å². The fraction of sp³-hybridized carbons (Fsp3) is 0.400. The fourth-order valence-electron chi connectivity index (χ4n) is 2.72. The van der Waals surface area contributed by atoms with E-state index in [-0.39, 0.29) is 5.91 Å². The van der Waals surface area contributed by atoms with Crippen molar-refractivity contribution in [3.05, 3.63) is 58.9 Å². The molecule has 1 amide bonds. The molecule has 0 fully saturated rings. The molecule has 0 radical (unpaired) electrons. The summed E-state index contributed by atoms with van der Waals surface area (Å²) in [6.07, 6.45) is 4.45. The Morgan fingerprint density at radius 2 is 1.92 bits per heavy atom. The van der Waals surface area contributed by atoms with Crippen molar-refractivity contribution in [3.8, 4) is 0 Å². The zero-order valence-corrected chi connectivity index (χ0v) is 15.7. The van der Waals surface area contributed by atoms with Gasteiger partial charge in [-0.05, 0) is 49.1 Å². The summed E-state index contributed by atoms with van der Waals surface area (Å²) in [6, 6.07) is 11.6. The number of amides is 1. The van der Waals surface area contributed by atoms with Crippen molar-refractivity contribution in [1.29, 1.82) is 0 Å². The summed E-state index contributed by atoms with van der Waals surface area (Å²) in [4.78, 5) is 18.8. The van der Waals surface area contributed by atoms with E-state index in [9.17, 15) is 4.79 Å². The average Bonchev–Trinajstić information content (AvgIpc) is 2.61. The Morgan fingerprint density at radius 1 is 1.16 bits per heavy atom. The van der Waals surface area contributed by atoms with Gasteiger partial charge in [-0.2, -0.15) is 0 Å². The molecule has 0 bridgehead atoms. The first-order valence-electron chi connectivity index (χ1n) is 8.87. The largest absolute Gasteiger partial charge is 0.385 e. The summed E-state index contributed by atoms with van der Waals surface area (Å²) in [6.45, 7) is 6.46. The molecule has 0 aliphatic carbocycles. The number of halogens is 1. The molecule has 0 atom stereocenters. The highest BCUT2D eigenvalue weighted by atomic mass is 35.5. The van der Waals surface area contributed by atoms with E-state index in [0.717, 1.165) is 49.6 Å². The SMILES string of the molecule is CCCN(CCC)C(=O)c1cc(NCCc2cccc(Cl)c2)ccn1. The first-order valence-corrected chi connectivity index (χ1v) is 9.25. The fourth-order valence-corrected chi connectivity index (χ4v) is 2.93. The highest BCUT2D eigenvalue weighted by Crippen LogP contribution is 2.13. The maximum atomic E-state index is 12.6. The van der Waals surface area contributed by atoms with Crippen LogP contribution in [0, 0.1) is 0 Å². The lowest BCUT2D eigenvalue weighted by Gasteiger charge is -2.21. The molecule has 134 valence electrons. The maximum absolute atomic E-state index is 12.6. The monoisotopic (exact) mass is 359 g/mol. The lowest BCUT2D eigenvalue weighted by molar-refractivity contribution is 0.0749. The lowest BCUT2D eigenvalue weighted by Crippen LogP contribution is -2.33. The molecule has 1 N–H and O–H groups in total. The van der Waals surface area contributed by atoms with Crippen molar-refractivity contribution >= 4 is 23.2 Å². The predicted molar refractivity (Wildman–Crippen MR) is 104 cm³/mol. The van der Waals surface area contributed by atoms with E-state index in [1.807, 2.05) is 35.2 Å². The van der Waals surface area contributed by atoms with E-state index in [1.54, 1.807) is 6.20 Å². The minimum absolute atomic E-state index is 0.00203. The Labute approximate surface area is 155 Å². The minimum atomic E-state index is 0.00203. The molecule has 0 spiro atoms. The van der Waals surface area contributed by atoms with Crippen LogP contribution in [0.15, 0.2) is 42.6 Å². The Hall–Kier alpha value is -2.07. The normalized spacial score (nSPS) is 10.5. The van der Waals surface area contributed by atoms with Crippen LogP contribution in [0.25, 0.3) is 0 Å². The summed E-state index contributed by atoms with van der Waals surface area (Å²) in [5, 5.41) is 4.11. The third-order valence-corrected chi connectivity index (χ3v) is 4.12. The molecule has 5 heteroatoms. The molecule has 1 aromatic carbocycles. The molecule has 2 rings (SSSR count). The van der Waals surface area contributed by atoms with Crippen molar-refractivity contribution in [2.45, 2.75) is 33.1 Å². The van der Waals surface area contributed by atoms with Gasteiger partial charge >= 0.3 is 0 Å². The molecule has 4 nitrogen and oxygen atoms in total. The number of nitrogens with one attached hydrogen (secondary N) is 1. The number of rotatable bonds is 9. The molecule has 25 heavy (non-hydrogen) atoms. The van der Waals surface area contributed by atoms with Crippen molar-refractivity contribution in [2.75, 3.05) is 25.0 Å². The van der Waals surface area contributed by atoms with Gasteiger partial charge in [0.2, 0.25) is 0 Å². The van der Waals surface area contributed by atoms with Crippen LogP contribution in [-0.2, 0) is 6.42 Å². The quantitative estimate of drug-likeness (QED) is 0.708. The lowest BCUT2D eigenvalue weighted by atomic mass is 10.1. The summed E-state index contributed by atoms with van der Waals surface area (Å²) >= 11 is 6.01. The van der Waals surface area contributed by atoms with Crippen LogP contribution in [0.4, 0.5) is 5.69 Å². The van der Waals surface area contributed by atoms with E-state index >= 15 is 0 Å².